The van der Waals surface area contributed by atoms with E-state index in [1.807, 2.05) is 0 Å². The SMILES string of the molecule is C[SiH](C)C.C[Si](C)(C)Cl. The van der Waals surface area contributed by atoms with Gasteiger partial charge in [-0.05, 0) is 0 Å². The van der Waals surface area contributed by atoms with Crippen LogP contribution in [0.15, 0.2) is 0 Å². The Kier molecular flexibility index (Phi) is 7.59. The van der Waals surface area contributed by atoms with E-state index < -0.39 is 7.38 Å². The smallest absolute Gasteiger partial charge is 0.147 e. The lowest BCUT2D eigenvalue weighted by Gasteiger charge is -1.97. The van der Waals surface area contributed by atoms with Crippen LogP contribution in [-0.2, 0) is 0 Å². The van der Waals surface area contributed by atoms with Gasteiger partial charge < -0.3 is 0 Å². The van der Waals surface area contributed by atoms with Gasteiger partial charge in [-0.3, -0.25) is 0 Å². The predicted octanol–water partition coefficient (Wildman–Crippen LogP) is 3.16. The van der Waals surface area contributed by atoms with Crippen molar-refractivity contribution in [1.82, 2.24) is 0 Å². The fourth-order valence-corrected chi connectivity index (χ4v) is 0. The van der Waals surface area contributed by atoms with Crippen molar-refractivity contribution in [3.8, 4) is 0 Å². The highest BCUT2D eigenvalue weighted by Gasteiger charge is 2.04. The first-order valence-corrected chi connectivity index (χ1v) is 11.4. The van der Waals surface area contributed by atoms with E-state index in [1.165, 1.54) is 0 Å². The van der Waals surface area contributed by atoms with Crippen molar-refractivity contribution in [2.75, 3.05) is 0 Å². The number of hydrogen-bond acceptors (Lipinski definition) is 0. The van der Waals surface area contributed by atoms with Gasteiger partial charge in [0.25, 0.3) is 0 Å². The van der Waals surface area contributed by atoms with E-state index >= 15 is 0 Å². The van der Waals surface area contributed by atoms with Gasteiger partial charge in [-0.25, -0.2) is 0 Å². The molecule has 0 bridgehead atoms. The maximum Gasteiger partial charge on any atom is 0.147 e. The fraction of sp³-hybridized carbons (Fsp3) is 1.00. The first-order valence-electron chi connectivity index (χ1n) is 3.42. The monoisotopic (exact) mass is 182 g/mol. The van der Waals surface area contributed by atoms with Gasteiger partial charge in [-0.1, -0.05) is 39.3 Å². The standard InChI is InChI=1S/C3H9ClSi.C3H10Si/c1-5(2,3)4;1-4(2)3/h1-3H3;4H,1-3H3. The average Bonchev–Trinajstić information content (AvgIpc) is 1.19. The minimum Gasteiger partial charge on any atom is -0.168 e. The molecular formula is C6H19ClSi2. The number of hydrogen-bond donors (Lipinski definition) is 0. The lowest BCUT2D eigenvalue weighted by molar-refractivity contribution is 1.87. The molecular weight excluding hydrogens is 164 g/mol. The maximum atomic E-state index is 5.67. The molecule has 0 atom stereocenters. The molecule has 0 radical (unpaired) electrons. The third-order valence-electron chi connectivity index (χ3n) is 0. The van der Waals surface area contributed by atoms with E-state index in [2.05, 4.69) is 39.3 Å². The van der Waals surface area contributed by atoms with E-state index in [9.17, 15) is 0 Å². The Labute approximate surface area is 66.9 Å². The molecule has 0 unspecified atom stereocenters. The lowest BCUT2D eigenvalue weighted by Crippen LogP contribution is -2.06. The molecule has 9 heavy (non-hydrogen) atoms. The first kappa shape index (κ1) is 12.4. The summed E-state index contributed by atoms with van der Waals surface area (Å²) >= 11 is 5.67. The molecule has 0 N–H and O–H groups in total. The van der Waals surface area contributed by atoms with Crippen molar-refractivity contribution in [3.05, 3.63) is 0 Å². The summed E-state index contributed by atoms with van der Waals surface area (Å²) in [6.45, 7) is 13.2. The molecule has 0 rings (SSSR count). The lowest BCUT2D eigenvalue weighted by atomic mass is 11.8. The van der Waals surface area contributed by atoms with Crippen molar-refractivity contribution >= 4 is 27.3 Å². The molecule has 0 aliphatic rings. The van der Waals surface area contributed by atoms with Crippen molar-refractivity contribution in [3.63, 3.8) is 0 Å². The van der Waals surface area contributed by atoms with Crippen LogP contribution >= 0.6 is 11.1 Å². The van der Waals surface area contributed by atoms with Gasteiger partial charge in [0, 0.05) is 8.80 Å². The van der Waals surface area contributed by atoms with Crippen LogP contribution in [0.2, 0.25) is 39.3 Å². The highest BCUT2D eigenvalue weighted by atomic mass is 35.6. The Morgan fingerprint density at radius 2 is 1.00 bits per heavy atom. The second-order valence-electron chi connectivity index (χ2n) is 3.80. The van der Waals surface area contributed by atoms with Crippen LogP contribution in [0.1, 0.15) is 0 Å². The molecule has 0 saturated carbocycles. The minimum absolute atomic E-state index is 0.139. The molecule has 0 saturated heterocycles. The molecule has 58 valence electrons. The summed E-state index contributed by atoms with van der Waals surface area (Å²) in [5.41, 5.74) is 0. The van der Waals surface area contributed by atoms with Crippen molar-refractivity contribution in [1.29, 1.82) is 0 Å². The van der Waals surface area contributed by atoms with E-state index in [0.717, 1.165) is 0 Å². The highest BCUT2D eigenvalue weighted by molar-refractivity contribution is 7.18. The van der Waals surface area contributed by atoms with Gasteiger partial charge in [0.15, 0.2) is 0 Å². The summed E-state index contributed by atoms with van der Waals surface area (Å²) in [5.74, 6) is 0. The summed E-state index contributed by atoms with van der Waals surface area (Å²) < 4.78 is 0. The molecule has 0 aromatic heterocycles. The molecule has 0 amide bonds. The van der Waals surface area contributed by atoms with Gasteiger partial charge in [0.05, 0.1) is 0 Å². The topological polar surface area (TPSA) is 0 Å². The van der Waals surface area contributed by atoms with Crippen LogP contribution < -0.4 is 0 Å². The molecule has 3 heteroatoms. The molecule has 0 nitrogen and oxygen atoms in total. The normalized spacial score (nSPS) is 10.7. The van der Waals surface area contributed by atoms with Crippen molar-refractivity contribution in [2.24, 2.45) is 0 Å². The zero-order valence-electron chi connectivity index (χ0n) is 7.46. The predicted molar refractivity (Wildman–Crippen MR) is 53.9 cm³/mol. The maximum absolute atomic E-state index is 5.67. The van der Waals surface area contributed by atoms with Gasteiger partial charge in [0.1, 0.15) is 7.38 Å². The van der Waals surface area contributed by atoms with Crippen LogP contribution in [0, 0.1) is 0 Å². The van der Waals surface area contributed by atoms with Crippen molar-refractivity contribution < 1.29 is 0 Å². The molecule has 0 aromatic rings. The van der Waals surface area contributed by atoms with Crippen LogP contribution in [0.4, 0.5) is 0 Å². The minimum atomic E-state index is -1.14. The van der Waals surface area contributed by atoms with Crippen molar-refractivity contribution in [2.45, 2.75) is 39.3 Å². The van der Waals surface area contributed by atoms with Crippen LogP contribution in [0.5, 0.6) is 0 Å². The van der Waals surface area contributed by atoms with E-state index in [0.29, 0.717) is 0 Å². The third-order valence-corrected chi connectivity index (χ3v) is 0. The quantitative estimate of drug-likeness (QED) is 0.399. The molecule has 0 aliphatic heterocycles. The Morgan fingerprint density at radius 3 is 1.00 bits per heavy atom. The second kappa shape index (κ2) is 5.50. The summed E-state index contributed by atoms with van der Waals surface area (Å²) in [6.07, 6.45) is 0. The number of rotatable bonds is 0. The van der Waals surface area contributed by atoms with Gasteiger partial charge in [-0.15, -0.1) is 0 Å². The van der Waals surface area contributed by atoms with E-state index in [1.54, 1.807) is 0 Å². The first-order chi connectivity index (χ1) is 3.73. The van der Waals surface area contributed by atoms with Crippen LogP contribution in [-0.4, -0.2) is 16.2 Å². The second-order valence-corrected chi connectivity index (χ2v) is 14.8. The fourth-order valence-electron chi connectivity index (χ4n) is 0. The molecule has 0 spiro atoms. The Hall–Kier alpha value is 0.724. The number of halogens is 1. The average molecular weight is 183 g/mol. The highest BCUT2D eigenvalue weighted by Crippen LogP contribution is 2.03. The Morgan fingerprint density at radius 1 is 1.00 bits per heavy atom. The largest absolute Gasteiger partial charge is 0.168 e. The van der Waals surface area contributed by atoms with Gasteiger partial charge >= 0.3 is 0 Å². The zero-order valence-corrected chi connectivity index (χ0v) is 10.4. The zero-order chi connectivity index (χ0) is 8.08. The van der Waals surface area contributed by atoms with Gasteiger partial charge in [0.2, 0.25) is 0 Å². The summed E-state index contributed by atoms with van der Waals surface area (Å²) in [6, 6.07) is 0. The molecule has 0 fully saturated rings. The van der Waals surface area contributed by atoms with Gasteiger partial charge in [-0.2, -0.15) is 11.1 Å². The van der Waals surface area contributed by atoms with Crippen LogP contribution in [0.25, 0.3) is 0 Å². The Balaban J connectivity index is 0. The van der Waals surface area contributed by atoms with E-state index in [4.69, 9.17) is 11.1 Å². The summed E-state index contributed by atoms with van der Waals surface area (Å²) in [4.78, 5) is 0. The summed E-state index contributed by atoms with van der Waals surface area (Å²) in [5, 5.41) is 0. The van der Waals surface area contributed by atoms with E-state index in [-0.39, 0.29) is 8.80 Å². The molecule has 0 aliphatic carbocycles. The van der Waals surface area contributed by atoms with Crippen LogP contribution in [0.3, 0.4) is 0 Å². The molecule has 0 heterocycles. The Bertz CT molecular complexity index is 47.8. The third kappa shape index (κ3) is 753. The summed E-state index contributed by atoms with van der Waals surface area (Å²) in [7, 11) is -1.28. The molecule has 0 aromatic carbocycles.